The maximum atomic E-state index is 13.6. The van der Waals surface area contributed by atoms with Crippen LogP contribution in [0.3, 0.4) is 0 Å². The summed E-state index contributed by atoms with van der Waals surface area (Å²) in [6, 6.07) is -0.703. The number of carboxylic acid groups (broad SMARTS) is 2. The Bertz CT molecular complexity index is 1660. The second kappa shape index (κ2) is 45.1. The van der Waals surface area contributed by atoms with E-state index in [1.54, 1.807) is 69.2 Å². The maximum absolute atomic E-state index is 13.6. The number of phosphoric ester groups is 1. The molecule has 0 aromatic carbocycles. The zero-order valence-corrected chi connectivity index (χ0v) is 55.5. The van der Waals surface area contributed by atoms with Crippen LogP contribution in [-0.4, -0.2) is 113 Å². The molecule has 77 heavy (non-hydrogen) atoms. The zero-order chi connectivity index (χ0) is 57.0. The molecule has 0 saturated heterocycles. The van der Waals surface area contributed by atoms with Crippen molar-refractivity contribution in [3.63, 3.8) is 0 Å². The fourth-order valence-corrected chi connectivity index (χ4v) is 9.34. The van der Waals surface area contributed by atoms with Crippen molar-refractivity contribution in [1.29, 1.82) is 0 Å². The van der Waals surface area contributed by atoms with Crippen LogP contribution in [0.5, 0.6) is 0 Å². The number of hydrogen-bond donors (Lipinski definition) is 1. The maximum Gasteiger partial charge on any atom is 1.00 e. The van der Waals surface area contributed by atoms with E-state index < -0.39 is 98.8 Å². The zero-order valence-electron chi connectivity index (χ0n) is 50.6. The molecule has 0 fully saturated rings. The first-order valence-electron chi connectivity index (χ1n) is 28.5. The predicted octanol–water partition coefficient (Wildman–Crippen LogP) is 5.01. The van der Waals surface area contributed by atoms with Gasteiger partial charge in [-0.15, -0.1) is 0 Å². The molecule has 0 aliphatic carbocycles. The minimum Gasteiger partial charge on any atom is -0.550 e. The first kappa shape index (κ1) is 79.8. The molecule has 2 amide bonds. The van der Waals surface area contributed by atoms with Crippen molar-refractivity contribution >= 4 is 43.9 Å². The van der Waals surface area contributed by atoms with E-state index in [9.17, 15) is 48.4 Å². The Labute approximate surface area is 509 Å². The summed E-state index contributed by atoms with van der Waals surface area (Å²) in [7, 11) is -5.11. The van der Waals surface area contributed by atoms with Gasteiger partial charge in [0, 0.05) is 43.0 Å². The molecule has 21 heteroatoms. The molecule has 0 aliphatic rings. The number of unbranched alkanes of at least 4 members (excludes halogenated alkanes) is 18. The summed E-state index contributed by atoms with van der Waals surface area (Å²) in [5.74, 6) is -7.80. The number of ether oxygens (including phenoxy) is 4. The largest absolute Gasteiger partial charge is 1.00 e. The van der Waals surface area contributed by atoms with Crippen molar-refractivity contribution in [1.82, 2.24) is 9.80 Å². The standard InChI is InChI=1S/C56H105N2O16P.2Na/c1-13-15-17-19-21-23-25-27-29-31-33-45(51(61)62)39-46(48(52(63)64)34-32-30-28-26-24-22-20-18-16-14-2)40-70-75(67,68)71-42-47(72-50(60)36-38-58(44(5)6)54(66)74-56(10,11)12)41-69-49(59)35-37-57(43(3)4)53(65)73-55(7,8)9;;/h43-48H,13-42H2,1-12H3,(H,61,62)(H,63,64)(H,67,68);;/q;2*+1/p-2. The minimum absolute atomic E-state index is 0. The number of nitrogens with zero attached hydrogens (tertiary/aromatic N) is 2. The Morgan fingerprint density at radius 2 is 0.909 bits per heavy atom. The van der Waals surface area contributed by atoms with Crippen LogP contribution in [0.4, 0.5) is 9.59 Å². The minimum atomic E-state index is -5.11. The van der Waals surface area contributed by atoms with E-state index in [2.05, 4.69) is 13.8 Å². The predicted molar refractivity (Wildman–Crippen MR) is 286 cm³/mol. The van der Waals surface area contributed by atoms with Crippen molar-refractivity contribution in [3.8, 4) is 0 Å². The van der Waals surface area contributed by atoms with Crippen molar-refractivity contribution in [2.75, 3.05) is 32.9 Å². The van der Waals surface area contributed by atoms with Gasteiger partial charge in [-0.3, -0.25) is 18.6 Å². The van der Waals surface area contributed by atoms with Gasteiger partial charge in [0.25, 0.3) is 0 Å². The van der Waals surface area contributed by atoms with Crippen molar-refractivity contribution in [2.24, 2.45) is 17.8 Å². The first-order chi connectivity index (χ1) is 35.1. The molecule has 0 spiro atoms. The van der Waals surface area contributed by atoms with Crippen LogP contribution in [0.2, 0.25) is 0 Å². The summed E-state index contributed by atoms with van der Waals surface area (Å²) in [5, 5.41) is 25.4. The molecule has 440 valence electrons. The Hall–Kier alpha value is -1.47. The number of aliphatic carboxylic acids is 2. The van der Waals surface area contributed by atoms with Gasteiger partial charge in [-0.2, -0.15) is 0 Å². The van der Waals surface area contributed by atoms with Crippen LogP contribution in [0.1, 0.15) is 244 Å². The smallest absolute Gasteiger partial charge is 0.550 e. The molecule has 5 atom stereocenters. The van der Waals surface area contributed by atoms with Crippen molar-refractivity contribution < 1.29 is 136 Å². The molecular formula is C56H103N2Na2O16P. The monoisotopic (exact) mass is 1140 g/mol. The van der Waals surface area contributed by atoms with E-state index in [1.807, 2.05) is 0 Å². The number of rotatable bonds is 44. The van der Waals surface area contributed by atoms with Gasteiger partial charge in [-0.05, 0) is 100 Å². The first-order valence-corrected chi connectivity index (χ1v) is 30.0. The molecule has 0 rings (SSSR count). The summed E-state index contributed by atoms with van der Waals surface area (Å²) in [6.45, 7) is 19.2. The van der Waals surface area contributed by atoms with Gasteiger partial charge in [0.15, 0.2) is 6.10 Å². The summed E-state index contributed by atoms with van der Waals surface area (Å²) in [4.78, 5) is 91.2. The fraction of sp³-hybridized carbons (Fsp3) is 0.893. The average molecular weight is 1140 g/mol. The topological polar surface area (TPSA) is 248 Å². The molecule has 18 nitrogen and oxygen atoms in total. The SMILES string of the molecule is CCCCCCCCCCCCC(CC(COP(=O)(O)OCC(COC(=O)CCN(C(=O)OC(C)(C)C)C(C)C)OC(=O)CCN(C(=O)OC(C)(C)C)C(C)C)C(CCCCCCCCCCCC)C(=O)[O-])C(=O)[O-].[Na+].[Na+]. The third-order valence-corrected chi connectivity index (χ3v) is 13.7. The van der Waals surface area contributed by atoms with E-state index in [-0.39, 0.29) is 116 Å². The van der Waals surface area contributed by atoms with Crippen molar-refractivity contribution in [2.45, 2.75) is 273 Å². The van der Waals surface area contributed by atoms with Crippen LogP contribution in [0.15, 0.2) is 0 Å². The molecule has 0 saturated carbocycles. The molecule has 0 aromatic heterocycles. The van der Waals surface area contributed by atoms with Crippen LogP contribution in [0.25, 0.3) is 0 Å². The third-order valence-electron chi connectivity index (χ3n) is 12.8. The van der Waals surface area contributed by atoms with E-state index in [0.717, 1.165) is 64.2 Å². The normalized spacial score (nSPS) is 14.0. The molecule has 0 bridgehead atoms. The van der Waals surface area contributed by atoms with Crippen LogP contribution < -0.4 is 69.3 Å². The van der Waals surface area contributed by atoms with Gasteiger partial charge < -0.3 is 53.4 Å². The number of esters is 2. The van der Waals surface area contributed by atoms with Gasteiger partial charge in [-0.25, -0.2) is 14.2 Å². The fourth-order valence-electron chi connectivity index (χ4n) is 8.53. The molecule has 1 N–H and O–H groups in total. The van der Waals surface area contributed by atoms with E-state index in [1.165, 1.54) is 61.2 Å². The number of carbonyl (C=O) groups is 6. The Morgan fingerprint density at radius 3 is 1.29 bits per heavy atom. The Balaban J connectivity index is -0.0000274. The van der Waals surface area contributed by atoms with Crippen molar-refractivity contribution in [3.05, 3.63) is 0 Å². The van der Waals surface area contributed by atoms with E-state index in [0.29, 0.717) is 12.8 Å². The second-order valence-electron chi connectivity index (χ2n) is 22.8. The van der Waals surface area contributed by atoms with Crippen LogP contribution in [0, 0.1) is 17.8 Å². The molecule has 5 unspecified atom stereocenters. The molecule has 0 heterocycles. The van der Waals surface area contributed by atoms with E-state index >= 15 is 0 Å². The molecular weight excluding hydrogens is 1030 g/mol. The summed E-state index contributed by atoms with van der Waals surface area (Å²) < 4.78 is 46.3. The number of hydrogen-bond acceptors (Lipinski definition) is 15. The number of carboxylic acids is 2. The molecule has 0 aromatic rings. The second-order valence-corrected chi connectivity index (χ2v) is 24.2. The molecule has 0 radical (unpaired) electrons. The van der Waals surface area contributed by atoms with Gasteiger partial charge in [0.05, 0.1) is 26.1 Å². The third kappa shape index (κ3) is 43.0. The summed E-state index contributed by atoms with van der Waals surface area (Å²) >= 11 is 0. The number of carbonyl (C=O) groups excluding carboxylic acids is 6. The number of phosphoric acid groups is 1. The van der Waals surface area contributed by atoms with Crippen LogP contribution >= 0.6 is 7.82 Å². The Morgan fingerprint density at radius 1 is 0.532 bits per heavy atom. The van der Waals surface area contributed by atoms with E-state index in [4.69, 9.17) is 28.0 Å². The van der Waals surface area contributed by atoms with Gasteiger partial charge >= 0.3 is 91.1 Å². The van der Waals surface area contributed by atoms with Gasteiger partial charge in [0.1, 0.15) is 17.8 Å². The summed E-state index contributed by atoms with van der Waals surface area (Å²) in [6.07, 6.45) is 17.4. The average Bonchev–Trinajstić information content (AvgIpc) is 3.29. The Kier molecular flexibility index (Phi) is 46.7. The molecule has 0 aliphatic heterocycles. The quantitative estimate of drug-likeness (QED) is 0.0277. The number of amides is 2. The summed E-state index contributed by atoms with van der Waals surface area (Å²) in [5.41, 5.74) is -1.60. The van der Waals surface area contributed by atoms with Gasteiger partial charge in [0.2, 0.25) is 0 Å². The van der Waals surface area contributed by atoms with Crippen LogP contribution in [-0.2, 0) is 51.7 Å². The van der Waals surface area contributed by atoms with Gasteiger partial charge in [-0.1, -0.05) is 142 Å².